The van der Waals surface area contributed by atoms with Crippen molar-refractivity contribution in [3.8, 4) is 0 Å². The molecule has 3 atom stereocenters. The molecular formula is C20H19BrF3N3O. The van der Waals surface area contributed by atoms with E-state index in [9.17, 15) is 18.0 Å². The zero-order chi connectivity index (χ0) is 20.3. The van der Waals surface area contributed by atoms with Gasteiger partial charge in [-0.05, 0) is 36.5 Å². The maximum Gasteiger partial charge on any atom is 0.435 e. The van der Waals surface area contributed by atoms with E-state index in [-0.39, 0.29) is 17.3 Å². The van der Waals surface area contributed by atoms with Crippen molar-refractivity contribution < 1.29 is 18.0 Å². The number of alkyl halides is 3. The zero-order valence-electron chi connectivity index (χ0n) is 15.4. The van der Waals surface area contributed by atoms with Gasteiger partial charge in [-0.2, -0.15) is 18.3 Å². The Balaban J connectivity index is 2.09. The smallest absolute Gasteiger partial charge is 0.362 e. The first-order valence-electron chi connectivity index (χ1n) is 9.20. The van der Waals surface area contributed by atoms with Crippen LogP contribution in [0, 0.1) is 5.92 Å². The third-order valence-electron chi connectivity index (χ3n) is 5.78. The molecule has 148 valence electrons. The molecule has 3 aliphatic rings. The number of rotatable bonds is 2. The van der Waals surface area contributed by atoms with Crippen molar-refractivity contribution in [3.05, 3.63) is 56.8 Å². The molecule has 1 aliphatic carbocycles. The van der Waals surface area contributed by atoms with Crippen molar-refractivity contribution in [2.45, 2.75) is 50.9 Å². The van der Waals surface area contributed by atoms with Gasteiger partial charge in [0.05, 0.1) is 5.41 Å². The molecule has 0 saturated carbocycles. The fourth-order valence-electron chi connectivity index (χ4n) is 4.76. The predicted molar refractivity (Wildman–Crippen MR) is 101 cm³/mol. The van der Waals surface area contributed by atoms with Crippen LogP contribution in [0.15, 0.2) is 61.5 Å². The number of allylic oxidation sites excluding steroid dienone is 3. The molecule has 2 heterocycles. The number of nitrogens with one attached hydrogen (secondary N) is 1. The highest BCUT2D eigenvalue weighted by Crippen LogP contribution is 2.55. The van der Waals surface area contributed by atoms with Crippen molar-refractivity contribution in [2.75, 3.05) is 0 Å². The number of halogens is 4. The summed E-state index contributed by atoms with van der Waals surface area (Å²) >= 11 is 3.42. The molecular weight excluding hydrogens is 435 g/mol. The molecule has 0 radical (unpaired) electrons. The van der Waals surface area contributed by atoms with Crippen LogP contribution in [-0.2, 0) is 10.2 Å². The van der Waals surface area contributed by atoms with Gasteiger partial charge in [0, 0.05) is 27.7 Å². The number of ketones is 1. The highest BCUT2D eigenvalue weighted by atomic mass is 79.9. The van der Waals surface area contributed by atoms with E-state index in [0.29, 0.717) is 36.1 Å². The zero-order valence-corrected chi connectivity index (χ0v) is 17.0. The van der Waals surface area contributed by atoms with Gasteiger partial charge in [-0.3, -0.25) is 4.79 Å². The summed E-state index contributed by atoms with van der Waals surface area (Å²) < 4.78 is 42.3. The monoisotopic (exact) mass is 453 g/mol. The first-order valence-corrected chi connectivity index (χ1v) is 10.00. The van der Waals surface area contributed by atoms with Gasteiger partial charge in [0.15, 0.2) is 17.6 Å². The van der Waals surface area contributed by atoms with Crippen molar-refractivity contribution in [2.24, 2.45) is 16.1 Å². The van der Waals surface area contributed by atoms with Crippen LogP contribution < -0.4 is 5.32 Å². The number of fused-ring (bicyclic) bond motifs is 1. The minimum absolute atomic E-state index is 0.0299. The molecule has 0 spiro atoms. The second-order valence-corrected chi connectivity index (χ2v) is 8.50. The van der Waals surface area contributed by atoms with Gasteiger partial charge in [-0.15, -0.1) is 5.11 Å². The van der Waals surface area contributed by atoms with Gasteiger partial charge in [-0.25, -0.2) is 0 Å². The molecule has 0 bridgehead atoms. The lowest BCUT2D eigenvalue weighted by atomic mass is 9.60. The Morgan fingerprint density at radius 2 is 2.07 bits per heavy atom. The van der Waals surface area contributed by atoms with Crippen molar-refractivity contribution in [1.29, 1.82) is 0 Å². The maximum atomic E-state index is 13.8. The first kappa shape index (κ1) is 19.4. The first-order chi connectivity index (χ1) is 13.2. The van der Waals surface area contributed by atoms with E-state index >= 15 is 0 Å². The van der Waals surface area contributed by atoms with Crippen LogP contribution in [-0.4, -0.2) is 18.1 Å². The quantitative estimate of drug-likeness (QED) is 0.636. The van der Waals surface area contributed by atoms with E-state index in [0.717, 1.165) is 4.47 Å². The van der Waals surface area contributed by atoms with E-state index in [1.54, 1.807) is 18.2 Å². The second-order valence-electron chi connectivity index (χ2n) is 7.58. The van der Waals surface area contributed by atoms with Gasteiger partial charge in [-0.1, -0.05) is 41.9 Å². The molecule has 3 unspecified atom stereocenters. The molecule has 1 aromatic rings. The van der Waals surface area contributed by atoms with E-state index in [2.05, 4.69) is 31.5 Å². The van der Waals surface area contributed by atoms with Gasteiger partial charge >= 0.3 is 6.18 Å². The topological polar surface area (TPSA) is 53.8 Å². The Morgan fingerprint density at radius 1 is 1.32 bits per heavy atom. The number of nitrogens with zero attached hydrogens (tertiary/aromatic N) is 2. The standard InChI is InChI=1S/C20H19BrF3N3O/c1-3-19(11-5-4-6-12(21)9-11)15-13(7-10(2)8-14(15)28)25-18-16(19)17(26-27-18)20(22,23)24/h4-6,9-10,18,25H,3,7-8H2,1-2H3. The minimum Gasteiger partial charge on any atom is -0.362 e. The molecule has 2 aliphatic heterocycles. The molecule has 1 N–H and O–H groups in total. The lowest BCUT2D eigenvalue weighted by molar-refractivity contribution is -0.118. The van der Waals surface area contributed by atoms with Crippen molar-refractivity contribution in [3.63, 3.8) is 0 Å². The summed E-state index contributed by atoms with van der Waals surface area (Å²) in [5.41, 5.74) is -0.392. The second kappa shape index (κ2) is 6.54. The molecule has 1 aromatic carbocycles. The van der Waals surface area contributed by atoms with E-state index in [1.165, 1.54) is 0 Å². The van der Waals surface area contributed by atoms with Crippen molar-refractivity contribution >= 4 is 21.7 Å². The summed E-state index contributed by atoms with van der Waals surface area (Å²) in [5.74, 6) is 0.0178. The number of azo groups is 1. The van der Waals surface area contributed by atoms with E-state index in [4.69, 9.17) is 0 Å². The summed E-state index contributed by atoms with van der Waals surface area (Å²) in [6.07, 6.45) is -4.32. The molecule has 28 heavy (non-hydrogen) atoms. The van der Waals surface area contributed by atoms with Gasteiger partial charge < -0.3 is 5.32 Å². The molecule has 4 nitrogen and oxygen atoms in total. The van der Waals surface area contributed by atoms with E-state index < -0.39 is 23.5 Å². The predicted octanol–water partition coefficient (Wildman–Crippen LogP) is 5.56. The van der Waals surface area contributed by atoms with Crippen LogP contribution in [0.5, 0.6) is 0 Å². The Labute approximate surface area is 169 Å². The molecule has 4 rings (SSSR count). The summed E-state index contributed by atoms with van der Waals surface area (Å²) in [5, 5.41) is 10.5. The summed E-state index contributed by atoms with van der Waals surface area (Å²) in [4.78, 5) is 13.1. The van der Waals surface area contributed by atoms with Crippen molar-refractivity contribution in [1.82, 2.24) is 5.32 Å². The van der Waals surface area contributed by atoms with Crippen LogP contribution >= 0.6 is 15.9 Å². The average molecular weight is 454 g/mol. The Morgan fingerprint density at radius 3 is 2.71 bits per heavy atom. The summed E-state index contributed by atoms with van der Waals surface area (Å²) in [6.45, 7) is 3.79. The fourth-order valence-corrected chi connectivity index (χ4v) is 5.16. The third-order valence-corrected chi connectivity index (χ3v) is 6.28. The van der Waals surface area contributed by atoms with Crippen LogP contribution in [0.2, 0.25) is 0 Å². The van der Waals surface area contributed by atoms with Crippen LogP contribution in [0.3, 0.4) is 0 Å². The number of carbonyl (C=O) groups is 1. The number of hydrogen-bond donors (Lipinski definition) is 1. The van der Waals surface area contributed by atoms with Gasteiger partial charge in [0.1, 0.15) is 0 Å². The van der Waals surface area contributed by atoms with Gasteiger partial charge in [0.25, 0.3) is 0 Å². The lowest BCUT2D eigenvalue weighted by Gasteiger charge is -2.46. The van der Waals surface area contributed by atoms with Crippen LogP contribution in [0.1, 0.15) is 38.7 Å². The normalized spacial score (nSPS) is 29.7. The Kier molecular flexibility index (Phi) is 4.52. The largest absolute Gasteiger partial charge is 0.435 e. The average Bonchev–Trinajstić information content (AvgIpc) is 3.04. The SMILES string of the molecule is CCC1(c2cccc(Br)c2)C2=C(CC(C)CC2=O)NC2N=NC(C(F)(F)F)=C21. The number of hydrogen-bond acceptors (Lipinski definition) is 4. The summed E-state index contributed by atoms with van der Waals surface area (Å²) in [7, 11) is 0. The Hall–Kier alpha value is -1.96. The number of benzene rings is 1. The maximum absolute atomic E-state index is 13.8. The van der Waals surface area contributed by atoms with Crippen LogP contribution in [0.4, 0.5) is 13.2 Å². The number of Topliss-reactive ketones (excluding diaryl/α,β-unsaturated/α-hetero) is 1. The van der Waals surface area contributed by atoms with Crippen LogP contribution in [0.25, 0.3) is 0 Å². The van der Waals surface area contributed by atoms with Gasteiger partial charge in [0.2, 0.25) is 0 Å². The molecule has 8 heteroatoms. The molecule has 0 amide bonds. The lowest BCUT2D eigenvalue weighted by Crippen LogP contribution is -2.51. The highest BCUT2D eigenvalue weighted by Gasteiger charge is 2.56. The molecule has 0 aromatic heterocycles. The highest BCUT2D eigenvalue weighted by molar-refractivity contribution is 9.10. The summed E-state index contributed by atoms with van der Waals surface area (Å²) in [6, 6.07) is 7.17. The fraction of sp³-hybridized carbons (Fsp3) is 0.450. The molecule has 0 saturated heterocycles. The third kappa shape index (κ3) is 2.76. The van der Waals surface area contributed by atoms with E-state index in [1.807, 2.05) is 19.9 Å². The molecule has 0 fully saturated rings. The Bertz CT molecular complexity index is 950. The number of carbonyl (C=O) groups excluding carboxylic acids is 1. The minimum atomic E-state index is -4.65.